The lowest BCUT2D eigenvalue weighted by Crippen LogP contribution is -2.51. The first-order chi connectivity index (χ1) is 17.0. The summed E-state index contributed by atoms with van der Waals surface area (Å²) >= 11 is 1.63. The Morgan fingerprint density at radius 3 is 2.54 bits per heavy atom. The fourth-order valence-electron chi connectivity index (χ4n) is 4.59. The number of ether oxygens (including phenoxy) is 3. The number of hydrogen-bond donors (Lipinski definition) is 2. The molecule has 0 spiro atoms. The minimum atomic E-state index is -0.0883. The van der Waals surface area contributed by atoms with E-state index in [1.807, 2.05) is 48.5 Å². The number of rotatable bonds is 8. The molecule has 2 fully saturated rings. The van der Waals surface area contributed by atoms with Crippen LogP contribution in [0.2, 0.25) is 0 Å². The number of methoxy groups -OCH3 is 3. The topological polar surface area (TPSA) is 85.9 Å². The lowest BCUT2D eigenvalue weighted by Gasteiger charge is -2.39. The zero-order valence-electron chi connectivity index (χ0n) is 20.3. The van der Waals surface area contributed by atoms with Crippen molar-refractivity contribution in [1.29, 1.82) is 0 Å². The van der Waals surface area contributed by atoms with Gasteiger partial charge in [-0.2, -0.15) is 0 Å². The van der Waals surface area contributed by atoms with E-state index in [0.29, 0.717) is 35.8 Å². The molecule has 4 rings (SSSR count). The van der Waals surface area contributed by atoms with E-state index in [1.165, 1.54) is 0 Å². The van der Waals surface area contributed by atoms with Crippen LogP contribution in [0.4, 0.5) is 0 Å². The monoisotopic (exact) mass is 496 g/mol. The van der Waals surface area contributed by atoms with Crippen LogP contribution in [0.15, 0.2) is 47.4 Å². The molecule has 3 atom stereocenters. The average molecular weight is 497 g/mol. The zero-order valence-corrected chi connectivity index (χ0v) is 21.2. The number of amides is 2. The Bertz CT molecular complexity index is 1090. The molecule has 3 unspecified atom stereocenters. The number of benzene rings is 2. The van der Waals surface area contributed by atoms with Crippen LogP contribution in [0.1, 0.15) is 30.4 Å². The molecule has 0 radical (unpaired) electrons. The zero-order chi connectivity index (χ0) is 24.8. The summed E-state index contributed by atoms with van der Waals surface area (Å²) in [6, 6.07) is 13.4. The van der Waals surface area contributed by atoms with Crippen molar-refractivity contribution in [2.75, 3.05) is 27.9 Å². The van der Waals surface area contributed by atoms with E-state index in [2.05, 4.69) is 10.6 Å². The second-order valence-electron chi connectivity index (χ2n) is 8.76. The molecular formula is C27H32N2O5S. The minimum absolute atomic E-state index is 0.0101. The van der Waals surface area contributed by atoms with Gasteiger partial charge in [-0.25, -0.2) is 0 Å². The predicted molar refractivity (Wildman–Crippen MR) is 138 cm³/mol. The fraction of sp³-hybridized carbons (Fsp3) is 0.407. The normalized spacial score (nSPS) is 22.7. The molecule has 1 saturated carbocycles. The average Bonchev–Trinajstić information content (AvgIpc) is 2.89. The fourth-order valence-corrected chi connectivity index (χ4v) is 5.89. The van der Waals surface area contributed by atoms with Crippen LogP contribution < -0.4 is 24.8 Å². The molecule has 1 aliphatic carbocycles. The molecule has 2 aromatic rings. The number of thioether (sulfide) groups is 1. The third-order valence-corrected chi connectivity index (χ3v) is 7.97. The van der Waals surface area contributed by atoms with Gasteiger partial charge in [-0.3, -0.25) is 9.59 Å². The van der Waals surface area contributed by atoms with Gasteiger partial charge in [0.25, 0.3) is 5.91 Å². The molecule has 0 aromatic heterocycles. The summed E-state index contributed by atoms with van der Waals surface area (Å²) in [5, 5.41) is 6.50. The van der Waals surface area contributed by atoms with Gasteiger partial charge in [0.1, 0.15) is 5.75 Å². The number of carbonyl (C=O) groups excluding carboxylic acids is 2. The molecule has 2 aliphatic rings. The summed E-state index contributed by atoms with van der Waals surface area (Å²) in [5.41, 5.74) is 2.03. The van der Waals surface area contributed by atoms with Crippen LogP contribution in [-0.2, 0) is 16.0 Å². The maximum absolute atomic E-state index is 12.8. The molecule has 2 aromatic carbocycles. The summed E-state index contributed by atoms with van der Waals surface area (Å²) < 4.78 is 15.8. The quantitative estimate of drug-likeness (QED) is 0.541. The van der Waals surface area contributed by atoms with Crippen molar-refractivity contribution in [1.82, 2.24) is 10.6 Å². The summed E-state index contributed by atoms with van der Waals surface area (Å²) in [5.74, 6) is 2.05. The van der Waals surface area contributed by atoms with Gasteiger partial charge in [-0.1, -0.05) is 18.2 Å². The van der Waals surface area contributed by atoms with Crippen molar-refractivity contribution in [2.24, 2.45) is 5.92 Å². The van der Waals surface area contributed by atoms with Crippen molar-refractivity contribution < 1.29 is 23.8 Å². The lowest BCUT2D eigenvalue weighted by atomic mass is 9.84. The van der Waals surface area contributed by atoms with Gasteiger partial charge in [0.15, 0.2) is 11.5 Å². The molecule has 7 nitrogen and oxygen atoms in total. The summed E-state index contributed by atoms with van der Waals surface area (Å²) in [6.45, 7) is 0.550. The van der Waals surface area contributed by atoms with Gasteiger partial charge in [-0.15, -0.1) is 11.8 Å². The Kier molecular flexibility index (Phi) is 8.23. The molecule has 1 aliphatic heterocycles. The molecule has 0 bridgehead atoms. The SMILES string of the molecule is COc1ccc(/C=C2/SC3CCC(C(=O)NCCc4ccc(OC)c(OC)c4)CC3NC2=O)cc1. The third kappa shape index (κ3) is 6.11. The molecule has 1 saturated heterocycles. The van der Waals surface area contributed by atoms with Crippen LogP contribution in [0, 0.1) is 5.92 Å². The second-order valence-corrected chi connectivity index (χ2v) is 10.0. The van der Waals surface area contributed by atoms with Gasteiger partial charge in [0, 0.05) is 23.8 Å². The van der Waals surface area contributed by atoms with Gasteiger partial charge in [0.05, 0.1) is 26.2 Å². The standard InChI is InChI=1S/C27H32N2O5S/c1-32-20-8-4-17(5-9-20)15-25-27(31)29-21-16-19(7-11-24(21)35-25)26(30)28-13-12-18-6-10-22(33-2)23(14-18)34-3/h4-6,8-10,14-15,19,21,24H,7,11-13,16H2,1-3H3,(H,28,30)(H,29,31)/b25-15+. The molecule has 35 heavy (non-hydrogen) atoms. The number of hydrogen-bond acceptors (Lipinski definition) is 6. The molecule has 2 amide bonds. The Balaban J connectivity index is 1.28. The lowest BCUT2D eigenvalue weighted by molar-refractivity contribution is -0.127. The Hall–Kier alpha value is -3.13. The van der Waals surface area contributed by atoms with Crippen molar-refractivity contribution in [3.63, 3.8) is 0 Å². The number of carbonyl (C=O) groups is 2. The molecule has 8 heteroatoms. The first-order valence-corrected chi connectivity index (χ1v) is 12.7. The van der Waals surface area contributed by atoms with Crippen LogP contribution in [0.25, 0.3) is 6.08 Å². The number of fused-ring (bicyclic) bond motifs is 1. The molecular weight excluding hydrogens is 464 g/mol. The minimum Gasteiger partial charge on any atom is -0.497 e. The van der Waals surface area contributed by atoms with Gasteiger partial charge in [0.2, 0.25) is 5.91 Å². The van der Waals surface area contributed by atoms with E-state index in [1.54, 1.807) is 33.1 Å². The van der Waals surface area contributed by atoms with Crippen LogP contribution in [0.3, 0.4) is 0 Å². The molecule has 2 N–H and O–H groups in total. The van der Waals surface area contributed by atoms with Crippen LogP contribution in [0.5, 0.6) is 17.2 Å². The number of nitrogens with one attached hydrogen (secondary N) is 2. The van der Waals surface area contributed by atoms with Gasteiger partial charge < -0.3 is 24.8 Å². The van der Waals surface area contributed by atoms with E-state index < -0.39 is 0 Å². The van der Waals surface area contributed by atoms with Crippen molar-refractivity contribution in [3.8, 4) is 17.2 Å². The van der Waals surface area contributed by atoms with E-state index in [9.17, 15) is 9.59 Å². The Labute approximate surface area is 210 Å². The highest BCUT2D eigenvalue weighted by Gasteiger charge is 2.39. The first-order valence-electron chi connectivity index (χ1n) is 11.8. The summed E-state index contributed by atoms with van der Waals surface area (Å²) in [4.78, 5) is 26.3. The summed E-state index contributed by atoms with van der Waals surface area (Å²) in [6.07, 6.45) is 5.01. The molecule has 1 heterocycles. The highest BCUT2D eigenvalue weighted by atomic mass is 32.2. The van der Waals surface area contributed by atoms with E-state index in [4.69, 9.17) is 14.2 Å². The predicted octanol–water partition coefficient (Wildman–Crippen LogP) is 3.81. The van der Waals surface area contributed by atoms with Crippen molar-refractivity contribution in [2.45, 2.75) is 37.0 Å². The highest BCUT2D eigenvalue weighted by Crippen LogP contribution is 2.40. The van der Waals surface area contributed by atoms with Crippen molar-refractivity contribution in [3.05, 3.63) is 58.5 Å². The second kappa shape index (κ2) is 11.5. The van der Waals surface area contributed by atoms with Crippen LogP contribution in [-0.4, -0.2) is 51.0 Å². The first kappa shape index (κ1) is 25.0. The Morgan fingerprint density at radius 2 is 1.83 bits per heavy atom. The third-order valence-electron chi connectivity index (χ3n) is 6.55. The van der Waals surface area contributed by atoms with Crippen molar-refractivity contribution >= 4 is 29.7 Å². The maximum atomic E-state index is 12.8. The smallest absolute Gasteiger partial charge is 0.257 e. The highest BCUT2D eigenvalue weighted by molar-refractivity contribution is 8.04. The van der Waals surface area contributed by atoms with E-state index in [0.717, 1.165) is 29.7 Å². The largest absolute Gasteiger partial charge is 0.497 e. The molecule has 186 valence electrons. The van der Waals surface area contributed by atoms with Crippen LogP contribution >= 0.6 is 11.8 Å². The maximum Gasteiger partial charge on any atom is 0.257 e. The Morgan fingerprint density at radius 1 is 1.06 bits per heavy atom. The van der Waals surface area contributed by atoms with E-state index >= 15 is 0 Å². The van der Waals surface area contributed by atoms with Gasteiger partial charge >= 0.3 is 0 Å². The van der Waals surface area contributed by atoms with E-state index in [-0.39, 0.29) is 29.0 Å². The van der Waals surface area contributed by atoms with Gasteiger partial charge in [-0.05, 0) is 67.2 Å². The summed E-state index contributed by atoms with van der Waals surface area (Å²) in [7, 11) is 4.85.